The van der Waals surface area contributed by atoms with Crippen LogP contribution in [0.1, 0.15) is 25.8 Å². The second-order valence-corrected chi connectivity index (χ2v) is 4.68. The molecule has 0 saturated heterocycles. The highest BCUT2D eigenvalue weighted by Crippen LogP contribution is 2.14. The number of hydrogen-bond acceptors (Lipinski definition) is 3. The largest absolute Gasteiger partial charge is 0.311 e. The van der Waals surface area contributed by atoms with E-state index < -0.39 is 0 Å². The average molecular weight is 247 g/mol. The molecule has 0 bridgehead atoms. The van der Waals surface area contributed by atoms with Gasteiger partial charge in [-0.1, -0.05) is 30.3 Å². The Morgan fingerprint density at radius 3 is 2.33 bits per heavy atom. The predicted octanol–water partition coefficient (Wildman–Crippen LogP) is 2.00. The lowest BCUT2D eigenvalue weighted by Crippen LogP contribution is -2.33. The van der Waals surface area contributed by atoms with Gasteiger partial charge in [0.2, 0.25) is 0 Å². The van der Waals surface area contributed by atoms with Crippen LogP contribution in [0.3, 0.4) is 0 Å². The van der Waals surface area contributed by atoms with Crippen LogP contribution in [-0.4, -0.2) is 24.7 Å². The van der Waals surface area contributed by atoms with E-state index in [9.17, 15) is 9.59 Å². The molecule has 3 nitrogen and oxygen atoms in total. The van der Waals surface area contributed by atoms with Gasteiger partial charge in [0.15, 0.2) is 0 Å². The van der Waals surface area contributed by atoms with Gasteiger partial charge in [0, 0.05) is 12.3 Å². The van der Waals surface area contributed by atoms with Gasteiger partial charge in [-0.15, -0.1) is 0 Å². The number of carbonyl (C=O) groups is 2. The van der Waals surface area contributed by atoms with Crippen LogP contribution in [0.15, 0.2) is 30.3 Å². The van der Waals surface area contributed by atoms with Gasteiger partial charge in [0.1, 0.15) is 11.6 Å². The van der Waals surface area contributed by atoms with Gasteiger partial charge in [-0.3, -0.25) is 9.59 Å². The zero-order valence-electron chi connectivity index (χ0n) is 11.3. The topological polar surface area (TPSA) is 46.2 Å². The summed E-state index contributed by atoms with van der Waals surface area (Å²) in [5.41, 5.74) is 1.10. The third-order valence-corrected chi connectivity index (χ3v) is 3.26. The van der Waals surface area contributed by atoms with Crippen molar-refractivity contribution in [2.45, 2.75) is 32.7 Å². The lowest BCUT2D eigenvalue weighted by Gasteiger charge is -2.16. The van der Waals surface area contributed by atoms with Gasteiger partial charge >= 0.3 is 0 Å². The Labute approximate surface area is 109 Å². The van der Waals surface area contributed by atoms with Crippen molar-refractivity contribution in [3.05, 3.63) is 35.9 Å². The van der Waals surface area contributed by atoms with E-state index in [4.69, 9.17) is 0 Å². The summed E-state index contributed by atoms with van der Waals surface area (Å²) in [6.45, 7) is 3.38. The summed E-state index contributed by atoms with van der Waals surface area (Å²) < 4.78 is 0. The van der Waals surface area contributed by atoms with Crippen LogP contribution >= 0.6 is 0 Å². The maximum Gasteiger partial charge on any atom is 0.150 e. The van der Waals surface area contributed by atoms with Crippen molar-refractivity contribution in [2.24, 2.45) is 5.92 Å². The van der Waals surface area contributed by atoms with Gasteiger partial charge in [-0.2, -0.15) is 0 Å². The van der Waals surface area contributed by atoms with E-state index in [1.54, 1.807) is 14.0 Å². The van der Waals surface area contributed by atoms with Crippen LogP contribution in [0.5, 0.6) is 0 Å². The Kier molecular flexibility index (Phi) is 5.72. The Bertz CT molecular complexity index is 400. The first-order valence-corrected chi connectivity index (χ1v) is 6.29. The van der Waals surface area contributed by atoms with Crippen molar-refractivity contribution >= 4 is 11.6 Å². The van der Waals surface area contributed by atoms with Crippen LogP contribution in [-0.2, 0) is 16.0 Å². The molecule has 3 heteroatoms. The molecule has 0 radical (unpaired) electrons. The van der Waals surface area contributed by atoms with Crippen LogP contribution < -0.4 is 5.32 Å². The quantitative estimate of drug-likeness (QED) is 0.801. The minimum absolute atomic E-state index is 0.0792. The molecule has 1 rings (SSSR count). The molecule has 2 atom stereocenters. The molecule has 0 aliphatic carbocycles. The molecular formula is C15H21NO2. The molecule has 0 aliphatic rings. The summed E-state index contributed by atoms with van der Waals surface area (Å²) in [5.74, 6) is -0.0418. The van der Waals surface area contributed by atoms with Crippen LogP contribution in [0.2, 0.25) is 0 Å². The van der Waals surface area contributed by atoms with E-state index in [1.165, 1.54) is 0 Å². The number of carbonyl (C=O) groups excluding carboxylic acids is 2. The molecule has 0 saturated carbocycles. The van der Waals surface area contributed by atoms with Crippen LogP contribution in [0, 0.1) is 5.92 Å². The average Bonchev–Trinajstić information content (AvgIpc) is 2.37. The highest BCUT2D eigenvalue weighted by molar-refractivity contribution is 5.89. The molecule has 18 heavy (non-hydrogen) atoms. The zero-order chi connectivity index (χ0) is 13.5. The first-order chi connectivity index (χ1) is 8.54. The lowest BCUT2D eigenvalue weighted by molar-refractivity contribution is -0.127. The lowest BCUT2D eigenvalue weighted by atomic mass is 9.90. The van der Waals surface area contributed by atoms with Gasteiger partial charge in [0.05, 0.1) is 6.04 Å². The normalized spacial score (nSPS) is 13.9. The van der Waals surface area contributed by atoms with E-state index >= 15 is 0 Å². The van der Waals surface area contributed by atoms with Crippen LogP contribution in [0.25, 0.3) is 0 Å². The second kappa shape index (κ2) is 7.07. The number of hydrogen-bond donors (Lipinski definition) is 1. The monoisotopic (exact) mass is 247 g/mol. The number of Topliss-reactive ketones (excluding diaryl/α,β-unsaturated/α-hetero) is 2. The summed E-state index contributed by atoms with van der Waals surface area (Å²) in [6, 6.07) is 9.63. The number of benzene rings is 1. The predicted molar refractivity (Wildman–Crippen MR) is 72.5 cm³/mol. The van der Waals surface area contributed by atoms with Gasteiger partial charge < -0.3 is 5.32 Å². The molecule has 0 heterocycles. The Balaban J connectivity index is 2.67. The van der Waals surface area contributed by atoms with Gasteiger partial charge in [-0.25, -0.2) is 0 Å². The van der Waals surface area contributed by atoms with Crippen LogP contribution in [0.4, 0.5) is 0 Å². The molecule has 1 aromatic carbocycles. The van der Waals surface area contributed by atoms with Gasteiger partial charge in [-0.05, 0) is 32.9 Å². The first-order valence-electron chi connectivity index (χ1n) is 6.29. The molecule has 0 aliphatic heterocycles. The van der Waals surface area contributed by atoms with Crippen molar-refractivity contribution in [2.75, 3.05) is 7.05 Å². The molecule has 0 fully saturated rings. The highest BCUT2D eigenvalue weighted by Gasteiger charge is 2.21. The number of ketones is 2. The third-order valence-electron chi connectivity index (χ3n) is 3.26. The molecule has 0 aromatic heterocycles. The summed E-state index contributed by atoms with van der Waals surface area (Å²) >= 11 is 0. The molecule has 98 valence electrons. The molecule has 0 unspecified atom stereocenters. The minimum Gasteiger partial charge on any atom is -0.311 e. The second-order valence-electron chi connectivity index (χ2n) is 4.68. The number of likely N-dealkylation sites (N-methyl/N-ethyl adjacent to an activating group) is 1. The molecule has 1 N–H and O–H groups in total. The molecular weight excluding hydrogens is 226 g/mol. The fraction of sp³-hybridized carbons (Fsp3) is 0.467. The summed E-state index contributed by atoms with van der Waals surface area (Å²) in [5, 5.41) is 2.91. The van der Waals surface area contributed by atoms with Crippen molar-refractivity contribution in [1.29, 1.82) is 0 Å². The number of rotatable bonds is 7. The Morgan fingerprint density at radius 2 is 1.83 bits per heavy atom. The maximum absolute atomic E-state index is 11.9. The fourth-order valence-corrected chi connectivity index (χ4v) is 1.84. The summed E-state index contributed by atoms with van der Waals surface area (Å²) in [6.07, 6.45) is 0.949. The van der Waals surface area contributed by atoms with E-state index in [1.807, 2.05) is 37.3 Å². The summed E-state index contributed by atoms with van der Waals surface area (Å²) in [4.78, 5) is 23.5. The molecule has 0 amide bonds. The first kappa shape index (κ1) is 14.6. The smallest absolute Gasteiger partial charge is 0.150 e. The van der Waals surface area contributed by atoms with E-state index in [0.29, 0.717) is 12.8 Å². The van der Waals surface area contributed by atoms with Crippen molar-refractivity contribution < 1.29 is 9.59 Å². The van der Waals surface area contributed by atoms with Crippen molar-refractivity contribution in [3.8, 4) is 0 Å². The van der Waals surface area contributed by atoms with E-state index in [2.05, 4.69) is 5.32 Å². The minimum atomic E-state index is -0.212. The SMILES string of the molecule is CN[C@H](C)C(=O)C[C@H](Cc1ccccc1)C(C)=O. The highest BCUT2D eigenvalue weighted by atomic mass is 16.1. The fourth-order valence-electron chi connectivity index (χ4n) is 1.84. The maximum atomic E-state index is 11.9. The molecule has 0 spiro atoms. The van der Waals surface area contributed by atoms with E-state index in [-0.39, 0.29) is 23.5 Å². The number of nitrogens with one attached hydrogen (secondary N) is 1. The van der Waals surface area contributed by atoms with Crippen molar-refractivity contribution in [3.63, 3.8) is 0 Å². The van der Waals surface area contributed by atoms with Crippen molar-refractivity contribution in [1.82, 2.24) is 5.32 Å². The van der Waals surface area contributed by atoms with Gasteiger partial charge in [0.25, 0.3) is 0 Å². The third kappa shape index (κ3) is 4.41. The summed E-state index contributed by atoms with van der Waals surface area (Å²) in [7, 11) is 1.75. The zero-order valence-corrected chi connectivity index (χ0v) is 11.3. The standard InChI is InChI=1S/C15H21NO2/c1-11(16-3)15(18)10-14(12(2)17)9-13-7-5-4-6-8-13/h4-8,11,14,16H,9-10H2,1-3H3/t11-,14+/m1/s1. The van der Waals surface area contributed by atoms with E-state index in [0.717, 1.165) is 5.56 Å². The Morgan fingerprint density at radius 1 is 1.22 bits per heavy atom. The molecule has 1 aromatic rings. The Hall–Kier alpha value is -1.48.